The minimum Gasteiger partial charge on any atom is -0.313 e. The third-order valence-electron chi connectivity index (χ3n) is 2.17. The molecule has 0 aliphatic carbocycles. The van der Waals surface area contributed by atoms with Gasteiger partial charge in [-0.1, -0.05) is 0 Å². The average Bonchev–Trinajstić information content (AvgIpc) is 2.72. The third-order valence-corrected chi connectivity index (χ3v) is 2.17. The molecule has 0 fully saturated rings. The Bertz CT molecular complexity index is 538. The number of hydrogen-bond acceptors (Lipinski definition) is 3. The highest BCUT2D eigenvalue weighted by Gasteiger charge is 2.14. The van der Waals surface area contributed by atoms with Crippen molar-refractivity contribution in [2.45, 2.75) is 6.54 Å². The maximum atomic E-state index is 13.5. The normalized spacial score (nSPS) is 10.8. The Morgan fingerprint density at radius 2 is 1.88 bits per heavy atom. The first-order chi connectivity index (χ1) is 8.13. The molecule has 0 atom stereocenters. The molecule has 0 amide bonds. The number of benzene rings is 1. The molecular weight excluding hydrogens is 233 g/mol. The molecule has 4 nitrogen and oxygen atoms in total. The van der Waals surface area contributed by atoms with Gasteiger partial charge in [0.15, 0.2) is 17.5 Å². The smallest absolute Gasteiger partial charge is 0.161 e. The third kappa shape index (κ3) is 2.14. The Morgan fingerprint density at radius 3 is 2.59 bits per heavy atom. The first-order valence-electron chi connectivity index (χ1n) is 4.82. The van der Waals surface area contributed by atoms with Crippen LogP contribution in [0.4, 0.5) is 13.2 Å². The summed E-state index contributed by atoms with van der Waals surface area (Å²) in [6, 6.07) is 1.23. The lowest BCUT2D eigenvalue weighted by Crippen LogP contribution is -2.13. The van der Waals surface area contributed by atoms with Crippen LogP contribution in [0, 0.1) is 17.5 Å². The van der Waals surface area contributed by atoms with Crippen LogP contribution >= 0.6 is 0 Å². The zero-order valence-electron chi connectivity index (χ0n) is 8.91. The minimum atomic E-state index is -1.23. The number of rotatable bonds is 3. The molecule has 1 N–H and O–H groups in total. The lowest BCUT2D eigenvalue weighted by atomic mass is 10.3. The van der Waals surface area contributed by atoms with E-state index in [-0.39, 0.29) is 5.69 Å². The van der Waals surface area contributed by atoms with E-state index in [9.17, 15) is 13.2 Å². The maximum absolute atomic E-state index is 13.5. The Balaban J connectivity index is 2.52. The SMILES string of the molecule is CNCc1ncnn1-c1cc(F)c(F)cc1F. The summed E-state index contributed by atoms with van der Waals surface area (Å²) in [5, 5.41) is 6.59. The minimum absolute atomic E-state index is 0.174. The van der Waals surface area contributed by atoms with E-state index < -0.39 is 17.5 Å². The van der Waals surface area contributed by atoms with Crippen LogP contribution in [-0.2, 0) is 6.54 Å². The van der Waals surface area contributed by atoms with Crippen molar-refractivity contribution in [2.24, 2.45) is 0 Å². The van der Waals surface area contributed by atoms with Crippen molar-refractivity contribution in [3.8, 4) is 5.69 Å². The number of halogens is 3. The standard InChI is InChI=1S/C10H9F3N4/c1-14-4-10-15-5-16-17(10)9-3-7(12)6(11)2-8(9)13/h2-3,5,14H,4H2,1H3. The topological polar surface area (TPSA) is 42.7 Å². The van der Waals surface area contributed by atoms with Gasteiger partial charge in [0.25, 0.3) is 0 Å². The number of nitrogens with zero attached hydrogens (tertiary/aromatic N) is 3. The van der Waals surface area contributed by atoms with Gasteiger partial charge < -0.3 is 5.32 Å². The van der Waals surface area contributed by atoms with Crippen molar-refractivity contribution in [2.75, 3.05) is 7.05 Å². The van der Waals surface area contributed by atoms with Crippen LogP contribution in [0.2, 0.25) is 0 Å². The fraction of sp³-hybridized carbons (Fsp3) is 0.200. The molecule has 2 rings (SSSR count). The number of hydrogen-bond donors (Lipinski definition) is 1. The van der Waals surface area contributed by atoms with Gasteiger partial charge in [0.05, 0.1) is 6.54 Å². The molecule has 1 heterocycles. The van der Waals surface area contributed by atoms with E-state index in [1.54, 1.807) is 7.05 Å². The highest BCUT2D eigenvalue weighted by molar-refractivity contribution is 5.34. The second-order valence-electron chi connectivity index (χ2n) is 3.34. The first kappa shape index (κ1) is 11.6. The van der Waals surface area contributed by atoms with Crippen LogP contribution in [0.5, 0.6) is 0 Å². The van der Waals surface area contributed by atoms with Gasteiger partial charge >= 0.3 is 0 Å². The summed E-state index contributed by atoms with van der Waals surface area (Å²) in [6.45, 7) is 0.332. The van der Waals surface area contributed by atoms with E-state index in [1.165, 1.54) is 6.33 Å². The van der Waals surface area contributed by atoms with Crippen molar-refractivity contribution in [3.63, 3.8) is 0 Å². The fourth-order valence-electron chi connectivity index (χ4n) is 1.42. The molecule has 1 aromatic carbocycles. The second kappa shape index (κ2) is 4.54. The van der Waals surface area contributed by atoms with Crippen LogP contribution < -0.4 is 5.32 Å². The molecule has 0 spiro atoms. The summed E-state index contributed by atoms with van der Waals surface area (Å²) in [5.41, 5.74) is -0.174. The number of aromatic nitrogens is 3. The number of nitrogens with one attached hydrogen (secondary N) is 1. The van der Waals surface area contributed by atoms with E-state index in [0.717, 1.165) is 10.7 Å². The van der Waals surface area contributed by atoms with Crippen LogP contribution in [-0.4, -0.2) is 21.8 Å². The van der Waals surface area contributed by atoms with Gasteiger partial charge in [-0.3, -0.25) is 0 Å². The predicted molar refractivity (Wildman–Crippen MR) is 54.0 cm³/mol. The van der Waals surface area contributed by atoms with E-state index in [2.05, 4.69) is 15.4 Å². The van der Waals surface area contributed by atoms with Crippen molar-refractivity contribution in [1.82, 2.24) is 20.1 Å². The van der Waals surface area contributed by atoms with Crippen molar-refractivity contribution in [3.05, 3.63) is 41.7 Å². The molecule has 0 saturated carbocycles. The second-order valence-corrected chi connectivity index (χ2v) is 3.34. The zero-order valence-corrected chi connectivity index (χ0v) is 8.91. The van der Waals surface area contributed by atoms with E-state index >= 15 is 0 Å². The molecule has 0 radical (unpaired) electrons. The Morgan fingerprint density at radius 1 is 1.18 bits per heavy atom. The fourth-order valence-corrected chi connectivity index (χ4v) is 1.42. The lowest BCUT2D eigenvalue weighted by Gasteiger charge is -2.07. The highest BCUT2D eigenvalue weighted by atomic mass is 19.2. The van der Waals surface area contributed by atoms with E-state index in [4.69, 9.17) is 0 Å². The molecule has 7 heteroatoms. The van der Waals surface area contributed by atoms with Crippen LogP contribution in [0.25, 0.3) is 5.69 Å². The van der Waals surface area contributed by atoms with Gasteiger partial charge in [-0.25, -0.2) is 22.8 Å². The van der Waals surface area contributed by atoms with Crippen molar-refractivity contribution < 1.29 is 13.2 Å². The van der Waals surface area contributed by atoms with E-state index in [0.29, 0.717) is 18.4 Å². The molecule has 0 unspecified atom stereocenters. The molecule has 2 aromatic rings. The van der Waals surface area contributed by atoms with Gasteiger partial charge in [0.1, 0.15) is 17.8 Å². The van der Waals surface area contributed by atoms with Crippen LogP contribution in [0.3, 0.4) is 0 Å². The molecule has 0 aliphatic heterocycles. The van der Waals surface area contributed by atoms with Crippen LogP contribution in [0.15, 0.2) is 18.5 Å². The summed E-state index contributed by atoms with van der Waals surface area (Å²) >= 11 is 0. The molecule has 0 aliphatic rings. The Labute approximate surface area is 95.1 Å². The monoisotopic (exact) mass is 242 g/mol. The summed E-state index contributed by atoms with van der Waals surface area (Å²) in [6.07, 6.45) is 1.22. The Kier molecular flexibility index (Phi) is 3.10. The Hall–Kier alpha value is -1.89. The van der Waals surface area contributed by atoms with Gasteiger partial charge in [0, 0.05) is 12.1 Å². The summed E-state index contributed by atoms with van der Waals surface area (Å²) in [7, 11) is 1.68. The van der Waals surface area contributed by atoms with Gasteiger partial charge in [-0.05, 0) is 7.05 Å². The van der Waals surface area contributed by atoms with Gasteiger partial charge in [0.2, 0.25) is 0 Å². The molecule has 1 aromatic heterocycles. The van der Waals surface area contributed by atoms with Crippen LogP contribution in [0.1, 0.15) is 5.82 Å². The predicted octanol–water partition coefficient (Wildman–Crippen LogP) is 1.40. The summed E-state index contributed by atoms with van der Waals surface area (Å²) in [5.74, 6) is -2.86. The van der Waals surface area contributed by atoms with Crippen molar-refractivity contribution >= 4 is 0 Å². The molecule has 17 heavy (non-hydrogen) atoms. The quantitative estimate of drug-likeness (QED) is 0.827. The maximum Gasteiger partial charge on any atom is 0.161 e. The lowest BCUT2D eigenvalue weighted by molar-refractivity contribution is 0.490. The van der Waals surface area contributed by atoms with Gasteiger partial charge in [-0.15, -0.1) is 0 Å². The highest BCUT2D eigenvalue weighted by Crippen LogP contribution is 2.17. The zero-order chi connectivity index (χ0) is 12.4. The molecule has 0 bridgehead atoms. The molecule has 0 saturated heterocycles. The average molecular weight is 242 g/mol. The summed E-state index contributed by atoms with van der Waals surface area (Å²) in [4.78, 5) is 3.88. The molecule has 90 valence electrons. The van der Waals surface area contributed by atoms with E-state index in [1.807, 2.05) is 0 Å². The van der Waals surface area contributed by atoms with Crippen molar-refractivity contribution in [1.29, 1.82) is 0 Å². The first-order valence-corrected chi connectivity index (χ1v) is 4.82. The van der Waals surface area contributed by atoms with Gasteiger partial charge in [-0.2, -0.15) is 5.10 Å². The molecular formula is C10H9F3N4. The largest absolute Gasteiger partial charge is 0.313 e. The summed E-state index contributed by atoms with van der Waals surface area (Å²) < 4.78 is 40.4.